The smallest absolute Gasteiger partial charge is 0.343 e. The van der Waals surface area contributed by atoms with Gasteiger partial charge in [-0.3, -0.25) is 0 Å². The number of hydrogen-bond donors (Lipinski definition) is 1. The highest BCUT2D eigenvalue weighted by Crippen LogP contribution is 2.16. The number of rotatable bonds is 6. The van der Waals surface area contributed by atoms with E-state index >= 15 is 0 Å². The maximum Gasteiger partial charge on any atom is 0.343 e. The molecule has 0 bridgehead atoms. The molecule has 0 amide bonds. The SMILES string of the molecule is C=CCOc1ccc(C(=O)Oc2ccc(C(=O)O)cc2)cc1.Cl. The van der Waals surface area contributed by atoms with E-state index in [1.54, 1.807) is 30.3 Å². The van der Waals surface area contributed by atoms with E-state index in [9.17, 15) is 9.59 Å². The summed E-state index contributed by atoms with van der Waals surface area (Å²) in [7, 11) is 0. The summed E-state index contributed by atoms with van der Waals surface area (Å²) in [4.78, 5) is 22.7. The molecule has 0 saturated carbocycles. The Labute approximate surface area is 139 Å². The predicted octanol–water partition coefficient (Wildman–Crippen LogP) is 3.59. The fourth-order valence-electron chi connectivity index (χ4n) is 1.67. The summed E-state index contributed by atoms with van der Waals surface area (Å²) in [6.45, 7) is 3.94. The molecule has 2 aromatic rings. The van der Waals surface area contributed by atoms with Crippen LogP contribution in [0.4, 0.5) is 0 Å². The standard InChI is InChI=1S/C17H14O5.ClH/c1-2-11-21-14-7-5-13(6-8-14)17(20)22-15-9-3-12(4-10-15)16(18)19;/h2-10H,1,11H2,(H,18,19);1H. The Morgan fingerprint density at radius 1 is 0.957 bits per heavy atom. The van der Waals surface area contributed by atoms with Crippen LogP contribution in [-0.4, -0.2) is 23.7 Å². The Hall–Kier alpha value is -2.79. The van der Waals surface area contributed by atoms with Gasteiger partial charge < -0.3 is 14.6 Å². The molecule has 0 spiro atoms. The second-order valence-electron chi connectivity index (χ2n) is 4.34. The predicted molar refractivity (Wildman–Crippen MR) is 87.7 cm³/mol. The first-order valence-corrected chi connectivity index (χ1v) is 6.49. The molecule has 0 radical (unpaired) electrons. The fourth-order valence-corrected chi connectivity index (χ4v) is 1.67. The van der Waals surface area contributed by atoms with Gasteiger partial charge in [0.2, 0.25) is 0 Å². The molecule has 0 aromatic heterocycles. The quantitative estimate of drug-likeness (QED) is 0.496. The summed E-state index contributed by atoms with van der Waals surface area (Å²) in [5, 5.41) is 8.80. The zero-order chi connectivity index (χ0) is 15.9. The molecule has 0 fully saturated rings. The number of aromatic carboxylic acids is 1. The minimum atomic E-state index is -1.03. The van der Waals surface area contributed by atoms with Crippen molar-refractivity contribution < 1.29 is 24.2 Å². The van der Waals surface area contributed by atoms with Crippen molar-refractivity contribution in [2.24, 2.45) is 0 Å². The molecule has 2 rings (SSSR count). The van der Waals surface area contributed by atoms with E-state index in [0.717, 1.165) is 0 Å². The first kappa shape index (κ1) is 18.3. The van der Waals surface area contributed by atoms with Crippen molar-refractivity contribution in [3.63, 3.8) is 0 Å². The van der Waals surface area contributed by atoms with Gasteiger partial charge in [0.25, 0.3) is 0 Å². The Bertz CT molecular complexity index is 677. The summed E-state index contributed by atoms with van der Waals surface area (Å²) in [5.41, 5.74) is 0.497. The highest BCUT2D eigenvalue weighted by Gasteiger charge is 2.09. The third-order valence-corrected chi connectivity index (χ3v) is 2.77. The van der Waals surface area contributed by atoms with E-state index in [1.165, 1.54) is 24.3 Å². The van der Waals surface area contributed by atoms with Gasteiger partial charge in [-0.15, -0.1) is 12.4 Å². The van der Waals surface area contributed by atoms with Gasteiger partial charge >= 0.3 is 11.9 Å². The molecule has 0 atom stereocenters. The van der Waals surface area contributed by atoms with Crippen molar-refractivity contribution in [1.29, 1.82) is 0 Å². The van der Waals surface area contributed by atoms with Gasteiger partial charge in [-0.25, -0.2) is 9.59 Å². The van der Waals surface area contributed by atoms with Gasteiger partial charge in [0.05, 0.1) is 11.1 Å². The van der Waals surface area contributed by atoms with E-state index in [-0.39, 0.29) is 23.7 Å². The second kappa shape index (κ2) is 8.60. The molecule has 6 heteroatoms. The van der Waals surface area contributed by atoms with E-state index < -0.39 is 11.9 Å². The molecule has 120 valence electrons. The number of ether oxygens (including phenoxy) is 2. The third-order valence-electron chi connectivity index (χ3n) is 2.77. The maximum atomic E-state index is 12.0. The molecular weight excluding hydrogens is 320 g/mol. The highest BCUT2D eigenvalue weighted by atomic mass is 35.5. The van der Waals surface area contributed by atoms with Gasteiger partial charge in [-0.2, -0.15) is 0 Å². The number of carbonyl (C=O) groups is 2. The number of carboxylic acid groups (broad SMARTS) is 1. The topological polar surface area (TPSA) is 72.8 Å². The minimum Gasteiger partial charge on any atom is -0.490 e. The number of esters is 1. The molecule has 0 aliphatic carbocycles. The lowest BCUT2D eigenvalue weighted by Crippen LogP contribution is -2.08. The molecular formula is C17H15ClO5. The molecule has 2 aromatic carbocycles. The third kappa shape index (κ3) is 5.16. The van der Waals surface area contributed by atoms with Crippen LogP contribution in [-0.2, 0) is 0 Å². The zero-order valence-electron chi connectivity index (χ0n) is 12.1. The average Bonchev–Trinajstić information content (AvgIpc) is 2.54. The number of carboxylic acids is 1. The molecule has 23 heavy (non-hydrogen) atoms. The van der Waals surface area contributed by atoms with E-state index in [1.807, 2.05) is 0 Å². The average molecular weight is 335 g/mol. The monoisotopic (exact) mass is 334 g/mol. The second-order valence-corrected chi connectivity index (χ2v) is 4.34. The van der Waals surface area contributed by atoms with Crippen molar-refractivity contribution in [3.8, 4) is 11.5 Å². The van der Waals surface area contributed by atoms with E-state index in [4.69, 9.17) is 14.6 Å². The van der Waals surface area contributed by atoms with E-state index in [0.29, 0.717) is 17.9 Å². The molecule has 5 nitrogen and oxygen atoms in total. The first-order valence-electron chi connectivity index (χ1n) is 6.49. The first-order chi connectivity index (χ1) is 10.6. The van der Waals surface area contributed by atoms with Gasteiger partial charge in [0, 0.05) is 0 Å². The number of halogens is 1. The lowest BCUT2D eigenvalue weighted by molar-refractivity contribution is 0.0696. The normalized spacial score (nSPS) is 9.39. The summed E-state index contributed by atoms with van der Waals surface area (Å²) < 4.78 is 10.5. The van der Waals surface area contributed by atoms with Crippen LogP contribution >= 0.6 is 12.4 Å². The van der Waals surface area contributed by atoms with Crippen LogP contribution in [0.2, 0.25) is 0 Å². The van der Waals surface area contributed by atoms with Crippen LogP contribution in [0.3, 0.4) is 0 Å². The van der Waals surface area contributed by atoms with Gasteiger partial charge in [0.1, 0.15) is 18.1 Å². The molecule has 0 aliphatic heterocycles. The summed E-state index contributed by atoms with van der Waals surface area (Å²) >= 11 is 0. The van der Waals surface area contributed by atoms with Crippen molar-refractivity contribution >= 4 is 24.3 Å². The van der Waals surface area contributed by atoms with Gasteiger partial charge in [0.15, 0.2) is 0 Å². The summed E-state index contributed by atoms with van der Waals surface area (Å²) in [6.07, 6.45) is 1.63. The van der Waals surface area contributed by atoms with Crippen LogP contribution in [0.15, 0.2) is 61.2 Å². The largest absolute Gasteiger partial charge is 0.490 e. The van der Waals surface area contributed by atoms with Crippen molar-refractivity contribution in [1.82, 2.24) is 0 Å². The van der Waals surface area contributed by atoms with Crippen LogP contribution in [0, 0.1) is 0 Å². The highest BCUT2D eigenvalue weighted by molar-refractivity contribution is 5.91. The lowest BCUT2D eigenvalue weighted by Gasteiger charge is -2.06. The summed E-state index contributed by atoms with van der Waals surface area (Å²) in [6, 6.07) is 12.1. The van der Waals surface area contributed by atoms with Gasteiger partial charge in [-0.05, 0) is 48.5 Å². The van der Waals surface area contributed by atoms with Crippen molar-refractivity contribution in [2.75, 3.05) is 6.61 Å². The zero-order valence-corrected chi connectivity index (χ0v) is 12.9. The van der Waals surface area contributed by atoms with E-state index in [2.05, 4.69) is 6.58 Å². The number of carbonyl (C=O) groups excluding carboxylic acids is 1. The van der Waals surface area contributed by atoms with Crippen molar-refractivity contribution in [3.05, 3.63) is 72.3 Å². The van der Waals surface area contributed by atoms with Crippen LogP contribution in [0.5, 0.6) is 11.5 Å². The molecule has 0 heterocycles. The minimum absolute atomic E-state index is 0. The Kier molecular flexibility index (Phi) is 6.83. The molecule has 0 aliphatic rings. The number of hydrogen-bond acceptors (Lipinski definition) is 4. The maximum absolute atomic E-state index is 12.0. The molecule has 0 unspecified atom stereocenters. The number of benzene rings is 2. The van der Waals surface area contributed by atoms with Crippen molar-refractivity contribution in [2.45, 2.75) is 0 Å². The lowest BCUT2D eigenvalue weighted by atomic mass is 10.2. The van der Waals surface area contributed by atoms with Crippen LogP contribution in [0.1, 0.15) is 20.7 Å². The Morgan fingerprint density at radius 3 is 2.00 bits per heavy atom. The van der Waals surface area contributed by atoms with Gasteiger partial charge in [-0.1, -0.05) is 12.7 Å². The van der Waals surface area contributed by atoms with Crippen LogP contribution in [0.25, 0.3) is 0 Å². The summed E-state index contributed by atoms with van der Waals surface area (Å²) in [5.74, 6) is -0.657. The molecule has 1 N–H and O–H groups in total. The van der Waals surface area contributed by atoms with Crippen LogP contribution < -0.4 is 9.47 Å². The fraction of sp³-hybridized carbons (Fsp3) is 0.0588. The Morgan fingerprint density at radius 2 is 1.48 bits per heavy atom. The molecule has 0 saturated heterocycles. The Balaban J connectivity index is 0.00000264.